The smallest absolute Gasteiger partial charge is 0.243 e. The van der Waals surface area contributed by atoms with E-state index in [9.17, 15) is 14.4 Å². The number of carbonyl (C=O) groups is 9. The summed E-state index contributed by atoms with van der Waals surface area (Å²) in [7, 11) is 0. The molecule has 114 heavy (non-hydrogen) atoms. The van der Waals surface area contributed by atoms with Gasteiger partial charge >= 0.3 is 0 Å². The van der Waals surface area contributed by atoms with E-state index < -0.39 is 189 Å². The first-order chi connectivity index (χ1) is 54.6. The highest BCUT2D eigenvalue weighted by atomic mass is 19.2. The number of rotatable bonds is 36. The standard InChI is InChI=1S/C90H97F5N10O9/c1-59(68-34-18-10-19-35-68)97-50-77(107)99(61(3)70-38-22-12-23-39-70)52-79(109)101(63(5)72-42-26-14-27-43-72)54-81(111)102(64(6)73-44-28-15-29-45-73)55-82(112)104(66(8)75-48-32-17-33-49-75)57-84(114)105(67(9)85-86(91)88(93)90(95)89(94)87(85)92)58-83(113)103(65(7)74-46-30-16-31-47-74)56-80(110)100(62(4)71-40-24-13-25-41-71)53-78(108)98(51-76(96)106)60(2)69-36-20-11-21-37-69/h10-49,59-67,97H,50-58H2,1-9H3,(H2,96,106)/t59-,60-,61-,62-,63-,64-,65-,66-,67-/m0/s1. The zero-order chi connectivity index (χ0) is 82.4. The van der Waals surface area contributed by atoms with E-state index in [1.807, 2.05) is 67.6 Å². The lowest BCUT2D eigenvalue weighted by atomic mass is 10.0. The zero-order valence-corrected chi connectivity index (χ0v) is 65.4. The molecule has 9 aromatic carbocycles. The van der Waals surface area contributed by atoms with Crippen molar-refractivity contribution in [3.8, 4) is 0 Å². The van der Waals surface area contributed by atoms with Crippen LogP contribution in [0.5, 0.6) is 0 Å². The van der Waals surface area contributed by atoms with Crippen LogP contribution in [0.3, 0.4) is 0 Å². The third-order valence-corrected chi connectivity index (χ3v) is 21.3. The van der Waals surface area contributed by atoms with E-state index in [1.54, 1.807) is 230 Å². The zero-order valence-electron chi connectivity index (χ0n) is 65.4. The summed E-state index contributed by atoms with van der Waals surface area (Å²) < 4.78 is 79.4. The summed E-state index contributed by atoms with van der Waals surface area (Å²) in [6.45, 7) is 7.73. The van der Waals surface area contributed by atoms with Gasteiger partial charge in [-0.1, -0.05) is 243 Å². The van der Waals surface area contributed by atoms with Gasteiger partial charge in [0.2, 0.25) is 59.0 Å². The van der Waals surface area contributed by atoms with Gasteiger partial charge in [0, 0.05) is 6.04 Å². The molecule has 9 amide bonds. The number of hydrogen-bond donors (Lipinski definition) is 2. The molecule has 0 saturated heterocycles. The Hall–Kier alpha value is -12.2. The molecule has 9 rings (SSSR count). The Morgan fingerprint density at radius 1 is 0.246 bits per heavy atom. The fourth-order valence-electron chi connectivity index (χ4n) is 14.1. The maximum Gasteiger partial charge on any atom is 0.243 e. The highest BCUT2D eigenvalue weighted by Gasteiger charge is 2.41. The molecule has 3 N–H and O–H groups in total. The van der Waals surface area contributed by atoms with E-state index in [0.717, 1.165) is 27.9 Å². The van der Waals surface area contributed by atoms with Gasteiger partial charge in [-0.05, 0) is 107 Å². The van der Waals surface area contributed by atoms with Gasteiger partial charge in [0.05, 0.1) is 67.0 Å². The maximum atomic E-state index is 16.5. The predicted octanol–water partition coefficient (Wildman–Crippen LogP) is 14.2. The molecule has 9 atom stereocenters. The molecule has 0 saturated carbocycles. The fourth-order valence-corrected chi connectivity index (χ4v) is 14.1. The molecule has 0 aromatic heterocycles. The molecule has 0 heterocycles. The molecule has 9 aromatic rings. The lowest BCUT2D eigenvalue weighted by Gasteiger charge is -2.39. The van der Waals surface area contributed by atoms with Crippen LogP contribution in [0, 0.1) is 29.1 Å². The molecule has 24 heteroatoms. The van der Waals surface area contributed by atoms with Crippen LogP contribution in [0.15, 0.2) is 243 Å². The van der Waals surface area contributed by atoms with Gasteiger partial charge in [0.1, 0.15) is 45.8 Å². The van der Waals surface area contributed by atoms with Crippen LogP contribution in [0.25, 0.3) is 0 Å². The highest BCUT2D eigenvalue weighted by molar-refractivity contribution is 5.95. The molecule has 0 aliphatic carbocycles. The van der Waals surface area contributed by atoms with Gasteiger partial charge in [0.15, 0.2) is 23.3 Å². The summed E-state index contributed by atoms with van der Waals surface area (Å²) in [6, 6.07) is 61.1. The van der Waals surface area contributed by atoms with Gasteiger partial charge in [-0.15, -0.1) is 0 Å². The highest BCUT2D eigenvalue weighted by Crippen LogP contribution is 2.35. The Labute approximate surface area is 662 Å². The van der Waals surface area contributed by atoms with Gasteiger partial charge < -0.3 is 50.2 Å². The van der Waals surface area contributed by atoms with Crippen molar-refractivity contribution in [1.82, 2.24) is 44.5 Å². The van der Waals surface area contributed by atoms with Crippen LogP contribution in [-0.2, 0) is 43.2 Å². The van der Waals surface area contributed by atoms with E-state index in [1.165, 1.54) is 24.5 Å². The number of hydrogen-bond acceptors (Lipinski definition) is 10. The van der Waals surface area contributed by atoms with Crippen LogP contribution in [0.4, 0.5) is 22.0 Å². The van der Waals surface area contributed by atoms with Crippen molar-refractivity contribution in [2.75, 3.05) is 58.9 Å². The molecule has 596 valence electrons. The second-order valence-corrected chi connectivity index (χ2v) is 28.4. The number of halogens is 5. The Kier molecular flexibility index (Phi) is 30.4. The summed E-state index contributed by atoms with van der Waals surface area (Å²) in [5.41, 5.74) is 9.01. The van der Waals surface area contributed by atoms with Crippen molar-refractivity contribution in [1.29, 1.82) is 0 Å². The van der Waals surface area contributed by atoms with E-state index >= 15 is 50.7 Å². The molecule has 0 unspecified atom stereocenters. The Bertz CT molecular complexity index is 4720. The first kappa shape index (κ1) is 85.8. The molecule has 0 radical (unpaired) electrons. The van der Waals surface area contributed by atoms with Crippen molar-refractivity contribution in [2.24, 2.45) is 5.73 Å². The second kappa shape index (κ2) is 40.3. The third kappa shape index (κ3) is 21.5. The first-order valence-corrected chi connectivity index (χ1v) is 37.9. The lowest BCUT2D eigenvalue weighted by Crippen LogP contribution is -2.54. The first-order valence-electron chi connectivity index (χ1n) is 37.9. The minimum atomic E-state index is -2.51. The number of carbonyl (C=O) groups excluding carboxylic acids is 9. The molecule has 0 aliphatic heterocycles. The minimum absolute atomic E-state index is 0.175. The molecule has 19 nitrogen and oxygen atoms in total. The third-order valence-electron chi connectivity index (χ3n) is 21.3. The SMILES string of the molecule is C[C@H](NCC(=O)N(CC(=O)N(CC(=O)N(CC(=O)N(CC(=O)N(CC(=O)N(CC(=O)N(CC(=O)N(CC(N)=O)[C@@H](C)c1ccccc1)[C@@H](C)c1ccccc1)[C@@H](C)c1ccccc1)[C@@H](C)c1c(F)c(F)c(F)c(F)c1F)[C@@H](C)c1ccccc1)[C@@H](C)c1ccccc1)[C@@H](C)c1ccccc1)[C@@H](C)c1ccccc1)c1ccccc1. The molecule has 0 bridgehead atoms. The van der Waals surface area contributed by atoms with Gasteiger partial charge in [-0.3, -0.25) is 43.2 Å². The van der Waals surface area contributed by atoms with Crippen LogP contribution >= 0.6 is 0 Å². The monoisotopic (exact) mass is 1560 g/mol. The average molecular weight is 1560 g/mol. The molecular weight excluding hydrogens is 1460 g/mol. The number of nitrogens with one attached hydrogen (secondary N) is 1. The second-order valence-electron chi connectivity index (χ2n) is 28.4. The van der Waals surface area contributed by atoms with Gasteiger partial charge in [-0.2, -0.15) is 0 Å². The molecule has 0 aliphatic rings. The van der Waals surface area contributed by atoms with Crippen LogP contribution in [0.2, 0.25) is 0 Å². The number of nitrogens with zero attached hydrogens (tertiary/aromatic N) is 8. The Balaban J connectivity index is 1.10. The summed E-state index contributed by atoms with van der Waals surface area (Å²) in [5, 5.41) is 3.30. The Morgan fingerprint density at radius 3 is 0.614 bits per heavy atom. The quantitative estimate of drug-likeness (QED) is 0.0215. The van der Waals surface area contributed by atoms with E-state index in [-0.39, 0.29) is 12.6 Å². The van der Waals surface area contributed by atoms with E-state index in [2.05, 4.69) is 5.32 Å². The molecular formula is C90H97F5N10O9. The van der Waals surface area contributed by atoms with E-state index in [0.29, 0.717) is 38.3 Å². The number of primary amides is 1. The van der Waals surface area contributed by atoms with Crippen LogP contribution in [-0.4, -0.2) is 151 Å². The number of nitrogens with two attached hydrogens (primary N) is 1. The summed E-state index contributed by atoms with van der Waals surface area (Å²) >= 11 is 0. The van der Waals surface area contributed by atoms with Crippen molar-refractivity contribution in [3.05, 3.63) is 322 Å². The normalized spacial score (nSPS) is 13.6. The summed E-state index contributed by atoms with van der Waals surface area (Å²) in [5.74, 6) is -19.6. The predicted molar refractivity (Wildman–Crippen MR) is 424 cm³/mol. The summed E-state index contributed by atoms with van der Waals surface area (Å²) in [4.78, 5) is 146. The van der Waals surface area contributed by atoms with Gasteiger partial charge in [0.25, 0.3) is 0 Å². The Morgan fingerprint density at radius 2 is 0.412 bits per heavy atom. The molecule has 0 fully saturated rings. The van der Waals surface area contributed by atoms with Crippen LogP contribution in [0.1, 0.15) is 167 Å². The largest absolute Gasteiger partial charge is 0.368 e. The topological polar surface area (TPSA) is 218 Å². The minimum Gasteiger partial charge on any atom is -0.368 e. The average Bonchev–Trinajstić information content (AvgIpc) is 0.772. The van der Waals surface area contributed by atoms with Crippen molar-refractivity contribution in [2.45, 2.75) is 117 Å². The van der Waals surface area contributed by atoms with Gasteiger partial charge in [-0.25, -0.2) is 22.0 Å². The van der Waals surface area contributed by atoms with Crippen molar-refractivity contribution in [3.63, 3.8) is 0 Å². The molecule has 0 spiro atoms. The number of benzene rings is 9. The lowest BCUT2D eigenvalue weighted by molar-refractivity contribution is -0.152. The number of amides is 9. The summed E-state index contributed by atoms with van der Waals surface area (Å²) in [6.07, 6.45) is 0. The van der Waals surface area contributed by atoms with E-state index in [4.69, 9.17) is 5.73 Å². The van der Waals surface area contributed by atoms with Crippen molar-refractivity contribution < 1.29 is 65.1 Å². The fraction of sp³-hybridized carbons (Fsp3) is 0.300. The maximum absolute atomic E-state index is 16.5. The van der Waals surface area contributed by atoms with Crippen molar-refractivity contribution >= 4 is 53.2 Å². The van der Waals surface area contributed by atoms with Crippen LogP contribution < -0.4 is 11.1 Å².